The monoisotopic (exact) mass is 322 g/mol. The highest BCUT2D eigenvalue weighted by Gasteiger charge is 2.15. The number of halogens is 1. The Morgan fingerprint density at radius 1 is 1.41 bits per heavy atom. The van der Waals surface area contributed by atoms with Crippen LogP contribution in [0.3, 0.4) is 0 Å². The van der Waals surface area contributed by atoms with Gasteiger partial charge in [0, 0.05) is 24.7 Å². The van der Waals surface area contributed by atoms with Gasteiger partial charge < -0.3 is 10.2 Å². The second kappa shape index (κ2) is 7.22. The second-order valence-electron chi connectivity index (χ2n) is 5.66. The van der Waals surface area contributed by atoms with Crippen LogP contribution in [0.4, 0.5) is 0 Å². The van der Waals surface area contributed by atoms with Crippen LogP contribution < -0.4 is 10.9 Å². The zero-order chi connectivity index (χ0) is 16.3. The Morgan fingerprint density at radius 2 is 2.14 bits per heavy atom. The molecule has 0 fully saturated rings. The van der Waals surface area contributed by atoms with E-state index in [4.69, 9.17) is 11.6 Å². The van der Waals surface area contributed by atoms with Crippen LogP contribution in [0.1, 0.15) is 25.7 Å². The van der Waals surface area contributed by atoms with E-state index in [-0.39, 0.29) is 11.6 Å². The van der Waals surface area contributed by atoms with Crippen molar-refractivity contribution in [3.05, 3.63) is 39.4 Å². The molecular weight excluding hydrogens is 300 g/mol. The maximum atomic E-state index is 12.6. The molecule has 0 aliphatic rings. The first-order chi connectivity index (χ1) is 10.4. The van der Waals surface area contributed by atoms with Crippen LogP contribution in [0.2, 0.25) is 5.02 Å². The van der Waals surface area contributed by atoms with Gasteiger partial charge in [0.2, 0.25) is 0 Å². The molecule has 1 aromatic heterocycles. The topological polar surface area (TPSA) is 50.2 Å². The molecule has 0 amide bonds. The molecule has 2 rings (SSSR count). The number of hydrogen-bond donors (Lipinski definition) is 1. The van der Waals surface area contributed by atoms with Gasteiger partial charge in [0.05, 0.1) is 16.9 Å². The summed E-state index contributed by atoms with van der Waals surface area (Å²) in [6.45, 7) is 6.35. The lowest BCUT2D eigenvalue weighted by atomic mass is 10.2. The normalized spacial score (nSPS) is 13.0. The van der Waals surface area contributed by atoms with Crippen LogP contribution in [0.5, 0.6) is 0 Å². The number of aromatic nitrogens is 2. The number of likely N-dealkylation sites (N-methyl/N-ethyl adjacent to an activating group) is 1. The van der Waals surface area contributed by atoms with Gasteiger partial charge in [0.25, 0.3) is 5.56 Å². The number of fused-ring (bicyclic) bond motifs is 1. The van der Waals surface area contributed by atoms with Crippen LogP contribution in [-0.2, 0) is 6.54 Å². The smallest absolute Gasteiger partial charge is 0.261 e. The summed E-state index contributed by atoms with van der Waals surface area (Å²) >= 11 is 5.99. The van der Waals surface area contributed by atoms with Crippen molar-refractivity contribution in [3.8, 4) is 0 Å². The van der Waals surface area contributed by atoms with Crippen LogP contribution in [0.15, 0.2) is 23.0 Å². The van der Waals surface area contributed by atoms with Crippen molar-refractivity contribution in [2.24, 2.45) is 0 Å². The summed E-state index contributed by atoms with van der Waals surface area (Å²) in [6.07, 6.45) is 0. The standard InChI is InChI=1S/C16H23ClN4O/c1-5-21-15(11(2)18-8-9-20(3)4)19-14-7-6-12(17)10-13(14)16(21)22/h6-7,10-11,18H,5,8-9H2,1-4H3. The Bertz CT molecular complexity index is 711. The number of rotatable bonds is 6. The van der Waals surface area contributed by atoms with Crippen molar-refractivity contribution in [1.29, 1.82) is 0 Å². The molecule has 1 N–H and O–H groups in total. The lowest BCUT2D eigenvalue weighted by Crippen LogP contribution is -2.33. The molecule has 2 aromatic rings. The van der Waals surface area contributed by atoms with Crippen LogP contribution in [-0.4, -0.2) is 41.6 Å². The van der Waals surface area contributed by atoms with Gasteiger partial charge >= 0.3 is 0 Å². The maximum Gasteiger partial charge on any atom is 0.261 e. The maximum absolute atomic E-state index is 12.6. The minimum absolute atomic E-state index is 0.00711. The third kappa shape index (κ3) is 3.66. The van der Waals surface area contributed by atoms with E-state index >= 15 is 0 Å². The molecule has 1 atom stereocenters. The Labute approximate surface area is 135 Å². The van der Waals surface area contributed by atoms with E-state index in [2.05, 4.69) is 15.2 Å². The van der Waals surface area contributed by atoms with Gasteiger partial charge in [0.1, 0.15) is 5.82 Å². The highest BCUT2D eigenvalue weighted by atomic mass is 35.5. The molecule has 6 heteroatoms. The van der Waals surface area contributed by atoms with Gasteiger partial charge in [-0.1, -0.05) is 11.6 Å². The van der Waals surface area contributed by atoms with Gasteiger partial charge in [-0.05, 0) is 46.1 Å². The van der Waals surface area contributed by atoms with E-state index in [1.807, 2.05) is 27.9 Å². The Kier molecular flexibility index (Phi) is 5.56. The Morgan fingerprint density at radius 3 is 2.77 bits per heavy atom. The minimum atomic E-state index is -0.0359. The van der Waals surface area contributed by atoms with E-state index in [9.17, 15) is 4.79 Å². The second-order valence-corrected chi connectivity index (χ2v) is 6.10. The van der Waals surface area contributed by atoms with Crippen molar-refractivity contribution >= 4 is 22.5 Å². The zero-order valence-corrected chi connectivity index (χ0v) is 14.3. The van der Waals surface area contributed by atoms with Crippen molar-refractivity contribution in [2.45, 2.75) is 26.4 Å². The molecule has 5 nitrogen and oxygen atoms in total. The summed E-state index contributed by atoms with van der Waals surface area (Å²) in [5, 5.41) is 4.54. The van der Waals surface area contributed by atoms with Crippen LogP contribution in [0.25, 0.3) is 10.9 Å². The van der Waals surface area contributed by atoms with Gasteiger partial charge in [-0.3, -0.25) is 9.36 Å². The Balaban J connectivity index is 2.40. The van der Waals surface area contributed by atoms with Gasteiger partial charge in [-0.2, -0.15) is 0 Å². The van der Waals surface area contributed by atoms with Crippen molar-refractivity contribution in [1.82, 2.24) is 19.8 Å². The van der Waals surface area contributed by atoms with E-state index in [0.29, 0.717) is 22.5 Å². The van der Waals surface area contributed by atoms with Gasteiger partial charge in [-0.25, -0.2) is 4.98 Å². The van der Waals surface area contributed by atoms with E-state index in [0.717, 1.165) is 18.9 Å². The lowest BCUT2D eigenvalue weighted by Gasteiger charge is -2.19. The molecule has 0 radical (unpaired) electrons. The SMILES string of the molecule is CCn1c(C(C)NCCN(C)C)nc2ccc(Cl)cc2c1=O. The predicted octanol–water partition coefficient (Wildman–Crippen LogP) is 2.28. The summed E-state index contributed by atoms with van der Waals surface area (Å²) in [7, 11) is 4.07. The molecule has 1 heterocycles. The van der Waals surface area contributed by atoms with Gasteiger partial charge in [-0.15, -0.1) is 0 Å². The summed E-state index contributed by atoms with van der Waals surface area (Å²) < 4.78 is 1.71. The molecule has 0 saturated carbocycles. The molecule has 0 spiro atoms. The van der Waals surface area contributed by atoms with Crippen molar-refractivity contribution < 1.29 is 0 Å². The zero-order valence-electron chi connectivity index (χ0n) is 13.6. The highest BCUT2D eigenvalue weighted by molar-refractivity contribution is 6.31. The summed E-state index contributed by atoms with van der Waals surface area (Å²) in [5.41, 5.74) is 0.654. The van der Waals surface area contributed by atoms with E-state index < -0.39 is 0 Å². The lowest BCUT2D eigenvalue weighted by molar-refractivity contribution is 0.383. The first-order valence-electron chi connectivity index (χ1n) is 7.52. The average Bonchev–Trinajstić information content (AvgIpc) is 2.47. The number of nitrogens with zero attached hydrogens (tertiary/aromatic N) is 3. The average molecular weight is 323 g/mol. The molecule has 0 saturated heterocycles. The Hall–Kier alpha value is -1.43. The molecule has 22 heavy (non-hydrogen) atoms. The highest BCUT2D eigenvalue weighted by Crippen LogP contribution is 2.17. The summed E-state index contributed by atoms with van der Waals surface area (Å²) in [4.78, 5) is 19.4. The molecule has 0 aliphatic carbocycles. The van der Waals surface area contributed by atoms with Crippen molar-refractivity contribution in [2.75, 3.05) is 27.2 Å². The minimum Gasteiger partial charge on any atom is -0.308 e. The summed E-state index contributed by atoms with van der Waals surface area (Å²) in [5.74, 6) is 0.765. The molecule has 0 aliphatic heterocycles. The quantitative estimate of drug-likeness (QED) is 0.886. The van der Waals surface area contributed by atoms with Gasteiger partial charge in [0.15, 0.2) is 0 Å². The van der Waals surface area contributed by atoms with Crippen molar-refractivity contribution in [3.63, 3.8) is 0 Å². The molecular formula is C16H23ClN4O. The third-order valence-electron chi connectivity index (χ3n) is 3.66. The molecule has 120 valence electrons. The number of hydrogen-bond acceptors (Lipinski definition) is 4. The fourth-order valence-electron chi connectivity index (χ4n) is 2.44. The predicted molar refractivity (Wildman–Crippen MR) is 91.7 cm³/mol. The third-order valence-corrected chi connectivity index (χ3v) is 3.89. The first kappa shape index (κ1) is 16.9. The fraction of sp³-hybridized carbons (Fsp3) is 0.500. The molecule has 1 unspecified atom stereocenters. The fourth-order valence-corrected chi connectivity index (χ4v) is 2.61. The van der Waals surface area contributed by atoms with Crippen LogP contribution >= 0.6 is 11.6 Å². The van der Waals surface area contributed by atoms with E-state index in [1.54, 1.807) is 22.8 Å². The van der Waals surface area contributed by atoms with E-state index in [1.165, 1.54) is 0 Å². The molecule has 1 aromatic carbocycles. The summed E-state index contributed by atoms with van der Waals surface area (Å²) in [6, 6.07) is 5.26. The number of benzene rings is 1. The molecule has 0 bridgehead atoms. The first-order valence-corrected chi connectivity index (χ1v) is 7.90. The number of nitrogens with one attached hydrogen (secondary N) is 1. The largest absolute Gasteiger partial charge is 0.308 e. The van der Waals surface area contributed by atoms with Crippen LogP contribution in [0, 0.1) is 0 Å².